The van der Waals surface area contributed by atoms with E-state index in [1.54, 1.807) is 0 Å². The van der Waals surface area contributed by atoms with Crippen molar-refractivity contribution in [2.24, 2.45) is 0 Å². The Labute approximate surface area is 459 Å². The van der Waals surface area contributed by atoms with E-state index in [9.17, 15) is 5.26 Å². The highest BCUT2D eigenvalue weighted by Gasteiger charge is 2.21. The molecule has 0 spiro atoms. The molecule has 0 bridgehead atoms. The SMILES string of the molecule is [C-]#[N+]c1ccc(-c2ccc3c(c2)c2cc(-c4ccc5c(c4)c4cc(-c6ccc7c(c6)c6cc(-c8ccc(C#N)cc8)ccc6n7-c6ccccc6)ccc4n5-c4ccc5oc6ccccc6c5c4)ccc2n3-c2ccccc2)cc1. The van der Waals surface area contributed by atoms with Crippen LogP contribution >= 0.6 is 0 Å². The third kappa shape index (κ3) is 7.04. The Balaban J connectivity index is 0.897. The van der Waals surface area contributed by atoms with Gasteiger partial charge in [0, 0.05) is 60.2 Å². The zero-order chi connectivity index (χ0) is 53.0. The second-order valence-corrected chi connectivity index (χ2v) is 20.7. The summed E-state index contributed by atoms with van der Waals surface area (Å²) < 4.78 is 13.5. The molecule has 4 aromatic heterocycles. The molecule has 370 valence electrons. The zero-order valence-electron chi connectivity index (χ0n) is 43.0. The number of rotatable bonds is 7. The van der Waals surface area contributed by atoms with Crippen LogP contribution in [0.3, 0.4) is 0 Å². The first kappa shape index (κ1) is 45.1. The van der Waals surface area contributed by atoms with Crippen molar-refractivity contribution in [3.05, 3.63) is 278 Å². The van der Waals surface area contributed by atoms with Gasteiger partial charge in [-0.3, -0.25) is 0 Å². The molecule has 16 rings (SSSR count). The smallest absolute Gasteiger partial charge is 0.187 e. The number of hydrogen-bond donors (Lipinski definition) is 0. The maximum Gasteiger partial charge on any atom is 0.187 e. The molecular weight excluding hydrogens is 975 g/mol. The average molecular weight is 1020 g/mol. The molecule has 0 aliphatic heterocycles. The largest absolute Gasteiger partial charge is 0.456 e. The molecule has 0 amide bonds. The van der Waals surface area contributed by atoms with Gasteiger partial charge in [0.1, 0.15) is 11.2 Å². The maximum absolute atomic E-state index is 9.55. The molecule has 0 saturated heterocycles. The Bertz CT molecular complexity index is 5020. The van der Waals surface area contributed by atoms with Crippen molar-refractivity contribution in [2.45, 2.75) is 0 Å². The first-order chi connectivity index (χ1) is 39.5. The Kier molecular flexibility index (Phi) is 9.96. The summed E-state index contributed by atoms with van der Waals surface area (Å²) in [4.78, 5) is 3.64. The fourth-order valence-electron chi connectivity index (χ4n) is 12.5. The van der Waals surface area contributed by atoms with Gasteiger partial charge in [-0.2, -0.15) is 5.26 Å². The summed E-state index contributed by atoms with van der Waals surface area (Å²) >= 11 is 0. The van der Waals surface area contributed by atoms with Crippen LogP contribution in [0, 0.1) is 17.9 Å². The molecule has 12 aromatic carbocycles. The van der Waals surface area contributed by atoms with Crippen molar-refractivity contribution in [2.75, 3.05) is 0 Å². The van der Waals surface area contributed by atoms with E-state index in [0.717, 1.165) is 144 Å². The minimum Gasteiger partial charge on any atom is -0.456 e. The number of para-hydroxylation sites is 3. The maximum atomic E-state index is 9.55. The van der Waals surface area contributed by atoms with Crippen LogP contribution in [0.1, 0.15) is 5.56 Å². The van der Waals surface area contributed by atoms with E-state index in [-0.39, 0.29) is 0 Å². The van der Waals surface area contributed by atoms with Gasteiger partial charge in [0.15, 0.2) is 5.69 Å². The van der Waals surface area contributed by atoms with Gasteiger partial charge < -0.3 is 18.1 Å². The molecule has 0 radical (unpaired) electrons. The van der Waals surface area contributed by atoms with E-state index in [2.05, 4.69) is 225 Å². The van der Waals surface area contributed by atoms with Crippen molar-refractivity contribution in [3.63, 3.8) is 0 Å². The standard InChI is InChI=1S/C74H43N5O/c1-76-55-28-20-48(21-29-55)50-23-32-68-61(39-50)63-41-52(25-34-70(63)78(68)57-12-6-3-7-13-57)54-27-36-72-65(43-54)64-42-53(26-35-71(64)79(72)58-30-37-74-66(44-58)59-14-8-9-15-73(59)80-74)51-24-33-69-62(40-51)60-38-49(47-18-16-46(45-75)17-19-47)22-31-67(60)77(69)56-10-4-2-5-11-56/h2-44H. The molecule has 4 heterocycles. The summed E-state index contributed by atoms with van der Waals surface area (Å²) in [6.45, 7) is 7.52. The summed E-state index contributed by atoms with van der Waals surface area (Å²) in [6.07, 6.45) is 0. The van der Waals surface area contributed by atoms with E-state index in [1.165, 1.54) is 5.39 Å². The van der Waals surface area contributed by atoms with Crippen LogP contribution in [-0.2, 0) is 0 Å². The number of fused-ring (bicyclic) bond motifs is 12. The lowest BCUT2D eigenvalue weighted by molar-refractivity contribution is 0.669. The van der Waals surface area contributed by atoms with Crippen LogP contribution in [0.2, 0.25) is 0 Å². The van der Waals surface area contributed by atoms with Crippen LogP contribution in [0.4, 0.5) is 5.69 Å². The van der Waals surface area contributed by atoms with Gasteiger partial charge in [-0.1, -0.05) is 127 Å². The zero-order valence-corrected chi connectivity index (χ0v) is 43.0. The number of aromatic nitrogens is 3. The predicted molar refractivity (Wildman–Crippen MR) is 329 cm³/mol. The lowest BCUT2D eigenvalue weighted by Crippen LogP contribution is -1.94. The van der Waals surface area contributed by atoms with E-state index >= 15 is 0 Å². The first-order valence-corrected chi connectivity index (χ1v) is 26.8. The number of nitriles is 1. The topological polar surface area (TPSA) is 56.1 Å². The second kappa shape index (κ2) is 17.7. The molecule has 0 N–H and O–H groups in total. The van der Waals surface area contributed by atoms with Crippen LogP contribution < -0.4 is 0 Å². The molecule has 0 atom stereocenters. The molecule has 0 aliphatic carbocycles. The third-order valence-corrected chi connectivity index (χ3v) is 16.3. The van der Waals surface area contributed by atoms with Gasteiger partial charge in [0.2, 0.25) is 0 Å². The van der Waals surface area contributed by atoms with Gasteiger partial charge in [0.25, 0.3) is 0 Å². The van der Waals surface area contributed by atoms with Crippen LogP contribution in [0.5, 0.6) is 0 Å². The summed E-state index contributed by atoms with van der Waals surface area (Å²) in [7, 11) is 0. The predicted octanol–water partition coefficient (Wildman–Crippen LogP) is 20.0. The Morgan fingerprint density at radius 2 is 0.650 bits per heavy atom. The van der Waals surface area contributed by atoms with E-state index < -0.39 is 0 Å². The second-order valence-electron chi connectivity index (χ2n) is 20.7. The monoisotopic (exact) mass is 1020 g/mol. The Morgan fingerprint density at radius 1 is 0.300 bits per heavy atom. The summed E-state index contributed by atoms with van der Waals surface area (Å²) in [5, 5.41) is 18.7. The van der Waals surface area contributed by atoms with E-state index in [0.29, 0.717) is 11.3 Å². The third-order valence-electron chi connectivity index (χ3n) is 16.3. The molecule has 80 heavy (non-hydrogen) atoms. The van der Waals surface area contributed by atoms with Crippen molar-refractivity contribution in [3.8, 4) is 67.6 Å². The normalized spacial score (nSPS) is 11.7. The highest BCUT2D eigenvalue weighted by molar-refractivity contribution is 6.16. The lowest BCUT2D eigenvalue weighted by atomic mass is 9.97. The van der Waals surface area contributed by atoms with Crippen molar-refractivity contribution < 1.29 is 4.42 Å². The highest BCUT2D eigenvalue weighted by Crippen LogP contribution is 2.43. The lowest BCUT2D eigenvalue weighted by Gasteiger charge is -2.10. The minimum absolute atomic E-state index is 0.630. The Morgan fingerprint density at radius 3 is 1.06 bits per heavy atom. The Hall–Kier alpha value is -11.2. The summed E-state index contributed by atoms with van der Waals surface area (Å²) in [6, 6.07) is 95.1. The van der Waals surface area contributed by atoms with Crippen LogP contribution in [-0.4, -0.2) is 13.7 Å². The van der Waals surface area contributed by atoms with Crippen molar-refractivity contribution >= 4 is 93.0 Å². The number of nitrogens with zero attached hydrogens (tertiary/aromatic N) is 5. The van der Waals surface area contributed by atoms with Gasteiger partial charge in [0.05, 0.1) is 51.3 Å². The highest BCUT2D eigenvalue weighted by atomic mass is 16.3. The van der Waals surface area contributed by atoms with Crippen LogP contribution in [0.25, 0.3) is 154 Å². The van der Waals surface area contributed by atoms with E-state index in [1.807, 2.05) is 60.7 Å². The molecule has 0 saturated carbocycles. The summed E-state index contributed by atoms with van der Waals surface area (Å²) in [5.41, 5.74) is 21.9. The molecule has 6 nitrogen and oxygen atoms in total. The van der Waals surface area contributed by atoms with Gasteiger partial charge in [-0.05, 0) is 178 Å². The fourth-order valence-corrected chi connectivity index (χ4v) is 12.5. The van der Waals surface area contributed by atoms with Gasteiger partial charge in [-0.25, -0.2) is 4.85 Å². The molecular formula is C74H43N5O. The van der Waals surface area contributed by atoms with Crippen molar-refractivity contribution in [1.29, 1.82) is 5.26 Å². The van der Waals surface area contributed by atoms with Crippen molar-refractivity contribution in [1.82, 2.24) is 13.7 Å². The minimum atomic E-state index is 0.630. The average Bonchev–Trinajstić information content (AvgIpc) is 4.46. The molecule has 16 aromatic rings. The number of furan rings is 1. The number of hydrogen-bond acceptors (Lipinski definition) is 2. The molecule has 6 heteroatoms. The number of benzene rings is 12. The van der Waals surface area contributed by atoms with Gasteiger partial charge in [-0.15, -0.1) is 0 Å². The fraction of sp³-hybridized carbons (Fsp3) is 0. The first-order valence-electron chi connectivity index (χ1n) is 26.8. The molecule has 0 fully saturated rings. The molecule has 0 unspecified atom stereocenters. The van der Waals surface area contributed by atoms with Crippen LogP contribution in [0.15, 0.2) is 265 Å². The summed E-state index contributed by atoms with van der Waals surface area (Å²) in [5.74, 6) is 0. The molecule has 0 aliphatic rings. The quantitative estimate of drug-likeness (QED) is 0.149. The van der Waals surface area contributed by atoms with E-state index in [4.69, 9.17) is 11.0 Å². The van der Waals surface area contributed by atoms with Gasteiger partial charge >= 0.3 is 0 Å².